The number of methoxy groups -OCH3 is 1. The van der Waals surface area contributed by atoms with Crippen molar-refractivity contribution in [3.05, 3.63) is 84.0 Å². The van der Waals surface area contributed by atoms with Crippen LogP contribution >= 0.6 is 0 Å². The Kier molecular flexibility index (Phi) is 13.2. The Labute approximate surface area is 311 Å². The molecule has 0 aromatic heterocycles. The molecule has 1 aromatic rings. The minimum Gasteiger partial charge on any atom is -0.466 e. The van der Waals surface area contributed by atoms with E-state index in [0.29, 0.717) is 32.1 Å². The lowest BCUT2D eigenvalue weighted by Crippen LogP contribution is -2.62. The Morgan fingerprint density at radius 1 is 0.925 bits per heavy atom. The van der Waals surface area contributed by atoms with Gasteiger partial charge in [-0.1, -0.05) is 68.5 Å². The fourth-order valence-corrected chi connectivity index (χ4v) is 7.67. The molecule has 4 aliphatic rings. The number of fused-ring (bicyclic) bond motifs is 6. The number of hydrogen-bond acceptors (Lipinski definition) is 12. The van der Waals surface area contributed by atoms with Gasteiger partial charge in [-0.15, -0.1) is 0 Å². The summed E-state index contributed by atoms with van der Waals surface area (Å²) in [6.07, 6.45) is 0.355. The SMILES string of the molecule is C=C1C[C@@H]2C[C@@H]3CC(=C)C[C@H](C=CC(C)(C)[C@]4(O)O[C@@H](CC(=CC(=O)OC)[C@@H]4OC(=O)c4ccccc4)C[C@H]([C@@H](C)O)OC(=O)C[C@H](O)C[C@H](C1)O2)O3. The number of esters is 3. The quantitative estimate of drug-likeness (QED) is 0.167. The predicted molar refractivity (Wildman–Crippen MR) is 193 cm³/mol. The van der Waals surface area contributed by atoms with Crippen molar-refractivity contribution in [2.75, 3.05) is 7.11 Å². The Hall–Kier alpha value is -3.65. The molecule has 0 amide bonds. The average molecular weight is 739 g/mol. The minimum absolute atomic E-state index is 0.0509. The van der Waals surface area contributed by atoms with Crippen LogP contribution in [0.5, 0.6) is 0 Å². The summed E-state index contributed by atoms with van der Waals surface area (Å²) in [5.74, 6) is -4.55. The number of aliphatic hydroxyl groups is 3. The van der Waals surface area contributed by atoms with Crippen LogP contribution in [0.2, 0.25) is 0 Å². The molecule has 4 heterocycles. The molecular weight excluding hydrogens is 684 g/mol. The Morgan fingerprint density at radius 2 is 1.57 bits per heavy atom. The van der Waals surface area contributed by atoms with E-state index in [1.807, 2.05) is 6.08 Å². The lowest BCUT2D eigenvalue weighted by molar-refractivity contribution is -0.324. The van der Waals surface area contributed by atoms with Crippen LogP contribution in [0.15, 0.2) is 78.4 Å². The number of cyclic esters (lactones) is 1. The van der Waals surface area contributed by atoms with Crippen LogP contribution in [0.3, 0.4) is 0 Å². The molecule has 3 N–H and O–H groups in total. The maximum absolute atomic E-state index is 13.5. The molecule has 3 saturated heterocycles. The average Bonchev–Trinajstić information content (AvgIpc) is 3.07. The molecule has 53 heavy (non-hydrogen) atoms. The predicted octanol–water partition coefficient (Wildman–Crippen LogP) is 4.81. The molecule has 12 heteroatoms. The summed E-state index contributed by atoms with van der Waals surface area (Å²) in [5, 5.41) is 34.5. The van der Waals surface area contributed by atoms with Crippen LogP contribution in [-0.2, 0) is 38.0 Å². The molecule has 0 spiro atoms. The highest BCUT2D eigenvalue weighted by atomic mass is 16.7. The van der Waals surface area contributed by atoms with E-state index < -0.39 is 65.7 Å². The molecule has 4 aliphatic heterocycles. The fraction of sp³-hybridized carbons (Fsp3) is 0.585. The van der Waals surface area contributed by atoms with E-state index in [4.69, 9.17) is 28.4 Å². The van der Waals surface area contributed by atoms with Gasteiger partial charge in [-0.25, -0.2) is 9.59 Å². The van der Waals surface area contributed by atoms with E-state index in [9.17, 15) is 29.7 Å². The summed E-state index contributed by atoms with van der Waals surface area (Å²) in [6, 6.07) is 8.23. The lowest BCUT2D eigenvalue weighted by Gasteiger charge is -2.51. The Balaban J connectivity index is 1.56. The first kappa shape index (κ1) is 40.5. The molecule has 5 rings (SSSR count). The second kappa shape index (κ2) is 17.2. The largest absolute Gasteiger partial charge is 0.466 e. The zero-order chi connectivity index (χ0) is 38.5. The van der Waals surface area contributed by atoms with Gasteiger partial charge in [0.05, 0.1) is 61.8 Å². The van der Waals surface area contributed by atoms with Crippen LogP contribution in [0.1, 0.15) is 88.9 Å². The van der Waals surface area contributed by atoms with E-state index in [-0.39, 0.29) is 55.1 Å². The molecule has 1 aromatic carbocycles. The zero-order valence-corrected chi connectivity index (χ0v) is 31.1. The molecule has 0 saturated carbocycles. The third kappa shape index (κ3) is 10.3. The highest BCUT2D eigenvalue weighted by Crippen LogP contribution is 2.47. The van der Waals surface area contributed by atoms with Gasteiger partial charge in [0.25, 0.3) is 0 Å². The van der Waals surface area contributed by atoms with Crippen molar-refractivity contribution in [3.8, 4) is 0 Å². The van der Waals surface area contributed by atoms with E-state index in [2.05, 4.69) is 13.2 Å². The second-order valence-corrected chi connectivity index (χ2v) is 15.4. The van der Waals surface area contributed by atoms with Gasteiger partial charge in [0.15, 0.2) is 6.10 Å². The van der Waals surface area contributed by atoms with Crippen LogP contribution < -0.4 is 0 Å². The number of carbonyl (C=O) groups excluding carboxylic acids is 3. The molecular formula is C41H54O12. The summed E-state index contributed by atoms with van der Waals surface area (Å²) >= 11 is 0. The fourth-order valence-electron chi connectivity index (χ4n) is 7.67. The van der Waals surface area contributed by atoms with Gasteiger partial charge < -0.3 is 43.7 Å². The van der Waals surface area contributed by atoms with Gasteiger partial charge in [0.1, 0.15) is 6.10 Å². The highest BCUT2D eigenvalue weighted by molar-refractivity contribution is 5.90. The number of ether oxygens (including phenoxy) is 6. The number of aliphatic hydroxyl groups excluding tert-OH is 2. The minimum atomic E-state index is -2.31. The maximum atomic E-state index is 13.5. The first-order chi connectivity index (χ1) is 25.0. The van der Waals surface area contributed by atoms with E-state index >= 15 is 0 Å². The third-order valence-electron chi connectivity index (χ3n) is 10.5. The number of hydrogen-bond donors (Lipinski definition) is 3. The maximum Gasteiger partial charge on any atom is 0.338 e. The Morgan fingerprint density at radius 3 is 2.23 bits per heavy atom. The Bertz CT molecular complexity index is 1560. The molecule has 0 aliphatic carbocycles. The molecule has 0 radical (unpaired) electrons. The summed E-state index contributed by atoms with van der Waals surface area (Å²) < 4.78 is 36.1. The van der Waals surface area contributed by atoms with Crippen LogP contribution in [0, 0.1) is 5.41 Å². The van der Waals surface area contributed by atoms with Crippen molar-refractivity contribution in [2.45, 2.75) is 139 Å². The van der Waals surface area contributed by atoms with Crippen molar-refractivity contribution in [1.82, 2.24) is 0 Å². The lowest BCUT2D eigenvalue weighted by atomic mass is 9.74. The van der Waals surface area contributed by atoms with E-state index in [1.165, 1.54) is 14.0 Å². The van der Waals surface area contributed by atoms with Gasteiger partial charge in [-0.05, 0) is 56.7 Å². The smallest absolute Gasteiger partial charge is 0.338 e. The summed E-state index contributed by atoms with van der Waals surface area (Å²) in [7, 11) is 1.21. The summed E-state index contributed by atoms with van der Waals surface area (Å²) in [6.45, 7) is 13.3. The molecule has 12 nitrogen and oxygen atoms in total. The van der Waals surface area contributed by atoms with Gasteiger partial charge in [-0.2, -0.15) is 0 Å². The summed E-state index contributed by atoms with van der Waals surface area (Å²) in [4.78, 5) is 39.5. The standard InChI is InChI=1S/C41H54O12/c1-24-14-30-12-13-40(4,5)41(47)38(52-39(46)27-10-8-7-9-11-27)28(19-36(44)48-6)18-34(53-41)23-35(26(3)42)51-37(45)21-29(43)20-31-15-25(2)17-33(50-31)22-32(16-24)49-30/h7-13,19,26,29-35,38,42-43,47H,1-2,14-18,20-23H2,3-6H3/t26-,29-,30+,31+,32+,33-,34+,35-,38+,41-/m1/s1. The molecule has 0 unspecified atom stereocenters. The van der Waals surface area contributed by atoms with Crippen molar-refractivity contribution in [1.29, 1.82) is 0 Å². The first-order valence-electron chi connectivity index (χ1n) is 18.4. The third-order valence-corrected chi connectivity index (χ3v) is 10.5. The molecule has 290 valence electrons. The highest BCUT2D eigenvalue weighted by Gasteiger charge is 2.58. The van der Waals surface area contributed by atoms with Crippen LogP contribution in [0.4, 0.5) is 0 Å². The topological polar surface area (TPSA) is 167 Å². The van der Waals surface area contributed by atoms with Gasteiger partial charge in [0, 0.05) is 30.8 Å². The van der Waals surface area contributed by atoms with E-state index in [0.717, 1.165) is 17.2 Å². The van der Waals surface area contributed by atoms with Crippen molar-refractivity contribution in [3.63, 3.8) is 0 Å². The van der Waals surface area contributed by atoms with Crippen molar-refractivity contribution >= 4 is 17.9 Å². The van der Waals surface area contributed by atoms with Gasteiger partial charge >= 0.3 is 17.9 Å². The van der Waals surface area contributed by atoms with Crippen LogP contribution in [-0.4, -0.2) is 101 Å². The zero-order valence-electron chi connectivity index (χ0n) is 31.1. The summed E-state index contributed by atoms with van der Waals surface area (Å²) in [5.41, 5.74) is 1.08. The van der Waals surface area contributed by atoms with Gasteiger partial charge in [-0.3, -0.25) is 4.79 Å². The molecule has 3 fully saturated rings. The molecule has 6 bridgehead atoms. The first-order valence-corrected chi connectivity index (χ1v) is 18.4. The van der Waals surface area contributed by atoms with Crippen molar-refractivity contribution in [2.24, 2.45) is 5.41 Å². The van der Waals surface area contributed by atoms with Gasteiger partial charge in [0.2, 0.25) is 5.79 Å². The normalized spacial score (nSPS) is 35.5. The van der Waals surface area contributed by atoms with Crippen molar-refractivity contribution < 1.29 is 58.1 Å². The van der Waals surface area contributed by atoms with E-state index in [1.54, 1.807) is 50.3 Å². The number of benzene rings is 1. The second-order valence-electron chi connectivity index (χ2n) is 15.4. The molecule has 10 atom stereocenters. The number of carbonyl (C=O) groups is 3. The monoisotopic (exact) mass is 738 g/mol. The van der Waals surface area contributed by atoms with Crippen LogP contribution in [0.25, 0.3) is 0 Å². The number of rotatable bonds is 4.